The molecule has 0 bridgehead atoms. The van der Waals surface area contributed by atoms with Gasteiger partial charge in [0.2, 0.25) is 0 Å². The summed E-state index contributed by atoms with van der Waals surface area (Å²) >= 11 is 0. The van der Waals surface area contributed by atoms with Crippen molar-refractivity contribution in [3.8, 4) is 0 Å². The SMILES string of the molecule is C=C(C)C(=O)O.NCc1cccc(CN)n1. The van der Waals surface area contributed by atoms with E-state index in [-0.39, 0.29) is 5.57 Å². The molecule has 0 spiro atoms. The quantitative estimate of drug-likeness (QED) is 0.653. The van der Waals surface area contributed by atoms with E-state index in [1.54, 1.807) is 0 Å². The van der Waals surface area contributed by atoms with Gasteiger partial charge in [-0.25, -0.2) is 4.79 Å². The molecule has 0 aliphatic heterocycles. The maximum absolute atomic E-state index is 9.60. The highest BCUT2D eigenvalue weighted by Gasteiger charge is 1.91. The van der Waals surface area contributed by atoms with E-state index in [1.807, 2.05) is 18.2 Å². The number of hydrogen-bond donors (Lipinski definition) is 3. The van der Waals surface area contributed by atoms with Gasteiger partial charge in [-0.2, -0.15) is 0 Å². The first-order valence-corrected chi connectivity index (χ1v) is 4.75. The summed E-state index contributed by atoms with van der Waals surface area (Å²) in [6.07, 6.45) is 0. The Morgan fingerprint density at radius 2 is 1.75 bits per heavy atom. The van der Waals surface area contributed by atoms with Crippen LogP contribution in [0, 0.1) is 0 Å². The zero-order valence-electron chi connectivity index (χ0n) is 9.31. The topological polar surface area (TPSA) is 102 Å². The van der Waals surface area contributed by atoms with Gasteiger partial charge < -0.3 is 16.6 Å². The predicted octanol–water partition coefficient (Wildman–Crippen LogP) is 0.646. The fourth-order valence-corrected chi connectivity index (χ4v) is 0.757. The van der Waals surface area contributed by atoms with Crippen molar-refractivity contribution in [1.82, 2.24) is 4.98 Å². The number of carboxylic acids is 1. The molecule has 0 aliphatic rings. The highest BCUT2D eigenvalue weighted by atomic mass is 16.4. The number of carbonyl (C=O) groups is 1. The van der Waals surface area contributed by atoms with Gasteiger partial charge in [0.15, 0.2) is 0 Å². The van der Waals surface area contributed by atoms with Crippen LogP contribution in [0.2, 0.25) is 0 Å². The third-order valence-electron chi connectivity index (χ3n) is 1.65. The van der Waals surface area contributed by atoms with Crippen LogP contribution in [0.4, 0.5) is 0 Å². The van der Waals surface area contributed by atoms with E-state index in [1.165, 1.54) is 6.92 Å². The Kier molecular flexibility index (Phi) is 6.74. The van der Waals surface area contributed by atoms with Crippen molar-refractivity contribution in [2.45, 2.75) is 20.0 Å². The molecule has 0 saturated heterocycles. The van der Waals surface area contributed by atoms with Gasteiger partial charge in [-0.15, -0.1) is 0 Å². The summed E-state index contributed by atoms with van der Waals surface area (Å²) < 4.78 is 0. The molecular weight excluding hydrogens is 206 g/mol. The van der Waals surface area contributed by atoms with Crippen molar-refractivity contribution in [2.24, 2.45) is 11.5 Å². The molecule has 16 heavy (non-hydrogen) atoms. The molecule has 0 amide bonds. The minimum Gasteiger partial charge on any atom is -0.478 e. The summed E-state index contributed by atoms with van der Waals surface area (Å²) in [7, 11) is 0. The summed E-state index contributed by atoms with van der Waals surface area (Å²) in [4.78, 5) is 13.8. The highest BCUT2D eigenvalue weighted by Crippen LogP contribution is 1.96. The van der Waals surface area contributed by atoms with Crippen LogP contribution in [0.25, 0.3) is 0 Å². The van der Waals surface area contributed by atoms with Crippen molar-refractivity contribution in [3.05, 3.63) is 41.7 Å². The van der Waals surface area contributed by atoms with E-state index in [0.717, 1.165) is 11.4 Å². The van der Waals surface area contributed by atoms with Crippen LogP contribution in [0.15, 0.2) is 30.4 Å². The molecule has 1 heterocycles. The molecule has 0 unspecified atom stereocenters. The summed E-state index contributed by atoms with van der Waals surface area (Å²) in [6, 6.07) is 5.69. The van der Waals surface area contributed by atoms with Crippen molar-refractivity contribution < 1.29 is 9.90 Å². The Morgan fingerprint density at radius 1 is 1.38 bits per heavy atom. The van der Waals surface area contributed by atoms with Crippen LogP contribution >= 0.6 is 0 Å². The second-order valence-electron chi connectivity index (χ2n) is 3.11. The number of nitrogens with two attached hydrogens (primary N) is 2. The van der Waals surface area contributed by atoms with E-state index in [9.17, 15) is 4.79 Å². The van der Waals surface area contributed by atoms with Gasteiger partial charge >= 0.3 is 5.97 Å². The lowest BCUT2D eigenvalue weighted by Gasteiger charge is -1.97. The largest absolute Gasteiger partial charge is 0.478 e. The average Bonchev–Trinajstić information content (AvgIpc) is 2.29. The van der Waals surface area contributed by atoms with E-state index in [4.69, 9.17) is 16.6 Å². The maximum Gasteiger partial charge on any atom is 0.330 e. The summed E-state index contributed by atoms with van der Waals surface area (Å²) in [5.74, 6) is -0.935. The third-order valence-corrected chi connectivity index (χ3v) is 1.65. The van der Waals surface area contributed by atoms with Gasteiger partial charge in [-0.05, 0) is 19.1 Å². The lowest BCUT2D eigenvalue weighted by atomic mass is 10.3. The van der Waals surface area contributed by atoms with Gasteiger partial charge in [0.25, 0.3) is 0 Å². The molecule has 0 fully saturated rings. The minimum atomic E-state index is -0.935. The van der Waals surface area contributed by atoms with Crippen LogP contribution in [0.5, 0.6) is 0 Å². The molecule has 0 aliphatic carbocycles. The van der Waals surface area contributed by atoms with Crippen molar-refractivity contribution in [1.29, 1.82) is 0 Å². The molecule has 1 rings (SSSR count). The van der Waals surface area contributed by atoms with E-state index < -0.39 is 5.97 Å². The molecule has 1 aromatic heterocycles. The Balaban J connectivity index is 0.000000325. The monoisotopic (exact) mass is 223 g/mol. The Labute approximate surface area is 94.8 Å². The summed E-state index contributed by atoms with van der Waals surface area (Å²) in [5, 5.41) is 7.89. The number of nitrogens with zero attached hydrogens (tertiary/aromatic N) is 1. The van der Waals surface area contributed by atoms with Gasteiger partial charge in [-0.1, -0.05) is 12.6 Å². The predicted molar refractivity (Wildman–Crippen MR) is 62.5 cm³/mol. The number of pyridine rings is 1. The zero-order valence-corrected chi connectivity index (χ0v) is 9.31. The molecule has 1 aromatic rings. The van der Waals surface area contributed by atoms with Crippen LogP contribution in [0.1, 0.15) is 18.3 Å². The van der Waals surface area contributed by atoms with E-state index >= 15 is 0 Å². The van der Waals surface area contributed by atoms with Crippen LogP contribution in [-0.2, 0) is 17.9 Å². The fraction of sp³-hybridized carbons (Fsp3) is 0.273. The maximum atomic E-state index is 9.60. The average molecular weight is 223 g/mol. The first-order valence-electron chi connectivity index (χ1n) is 4.75. The van der Waals surface area contributed by atoms with Crippen molar-refractivity contribution in [3.63, 3.8) is 0 Å². The second kappa shape index (κ2) is 7.56. The van der Waals surface area contributed by atoms with Gasteiger partial charge in [0.1, 0.15) is 0 Å². The fourth-order valence-electron chi connectivity index (χ4n) is 0.757. The van der Waals surface area contributed by atoms with Crippen molar-refractivity contribution in [2.75, 3.05) is 0 Å². The number of carboxylic acid groups (broad SMARTS) is 1. The number of hydrogen-bond acceptors (Lipinski definition) is 4. The smallest absolute Gasteiger partial charge is 0.330 e. The third kappa shape index (κ3) is 5.90. The summed E-state index contributed by atoms with van der Waals surface area (Å²) in [5.41, 5.74) is 12.7. The first kappa shape index (κ1) is 14.3. The standard InChI is InChI=1S/C7H11N3.C4H6O2/c8-4-6-2-1-3-7(5-9)10-6;1-3(2)4(5)6/h1-3H,4-5,8-9H2;1H2,2H3,(H,5,6). The molecular formula is C11H17N3O2. The van der Waals surface area contributed by atoms with Crippen molar-refractivity contribution >= 4 is 5.97 Å². The molecule has 0 atom stereocenters. The molecule has 0 radical (unpaired) electrons. The van der Waals surface area contributed by atoms with E-state index in [2.05, 4.69) is 11.6 Å². The second-order valence-corrected chi connectivity index (χ2v) is 3.11. The molecule has 0 aromatic carbocycles. The van der Waals surface area contributed by atoms with Crippen LogP contribution in [0.3, 0.4) is 0 Å². The number of aromatic nitrogens is 1. The molecule has 5 heteroatoms. The zero-order chi connectivity index (χ0) is 12.6. The van der Waals surface area contributed by atoms with Gasteiger partial charge in [-0.3, -0.25) is 4.98 Å². The van der Waals surface area contributed by atoms with Crippen LogP contribution < -0.4 is 11.5 Å². The molecule has 0 saturated carbocycles. The van der Waals surface area contributed by atoms with E-state index in [0.29, 0.717) is 13.1 Å². The Hall–Kier alpha value is -1.72. The number of rotatable bonds is 3. The summed E-state index contributed by atoms with van der Waals surface area (Å²) in [6.45, 7) is 5.56. The highest BCUT2D eigenvalue weighted by molar-refractivity contribution is 5.84. The molecule has 88 valence electrons. The normalized spacial score (nSPS) is 8.94. The molecule has 5 N–H and O–H groups in total. The lowest BCUT2D eigenvalue weighted by Crippen LogP contribution is -2.04. The van der Waals surface area contributed by atoms with Crippen LogP contribution in [-0.4, -0.2) is 16.1 Å². The Bertz CT molecular complexity index is 333. The Morgan fingerprint density at radius 3 is 2.00 bits per heavy atom. The number of aliphatic carboxylic acids is 1. The lowest BCUT2D eigenvalue weighted by molar-refractivity contribution is -0.132. The van der Waals surface area contributed by atoms with Gasteiger partial charge in [0, 0.05) is 18.7 Å². The minimum absolute atomic E-state index is 0.176. The van der Waals surface area contributed by atoms with Gasteiger partial charge in [0.05, 0.1) is 11.4 Å². The molecule has 5 nitrogen and oxygen atoms in total. The first-order chi connectivity index (χ1) is 7.51.